The molecule has 0 aromatic rings. The highest BCUT2D eigenvalue weighted by Crippen LogP contribution is 1.82. The van der Waals surface area contributed by atoms with Crippen molar-refractivity contribution in [3.8, 4) is 0 Å². The molecule has 0 aromatic carbocycles. The highest BCUT2D eigenvalue weighted by molar-refractivity contribution is 7.88. The number of sulfonamides is 1. The van der Waals surface area contributed by atoms with Crippen LogP contribution in [0.4, 0.5) is 0 Å². The number of likely N-dealkylation sites (N-methyl/N-ethyl adjacent to an activating group) is 1. The lowest BCUT2D eigenvalue weighted by Gasteiger charge is -2.13. The minimum absolute atomic E-state index is 0.0784. The van der Waals surface area contributed by atoms with Gasteiger partial charge >= 0.3 is 0 Å². The largest absolute Gasteiger partial charge is 0.345 e. The summed E-state index contributed by atoms with van der Waals surface area (Å²) in [4.78, 5) is 12.1. The van der Waals surface area contributed by atoms with E-state index in [0.717, 1.165) is 6.26 Å². The zero-order valence-electron chi connectivity index (χ0n) is 7.49. The van der Waals surface area contributed by atoms with Crippen LogP contribution in [0, 0.1) is 0 Å². The van der Waals surface area contributed by atoms with E-state index in [-0.39, 0.29) is 12.5 Å². The molecule has 1 N–H and O–H groups in total. The fourth-order valence-corrected chi connectivity index (χ4v) is 1.02. The topological polar surface area (TPSA) is 66.5 Å². The third-order valence-corrected chi connectivity index (χ3v) is 2.08. The molecular formula is C6H14N2O3S. The van der Waals surface area contributed by atoms with Gasteiger partial charge in [0.25, 0.3) is 0 Å². The molecule has 0 spiro atoms. The molecule has 12 heavy (non-hydrogen) atoms. The summed E-state index contributed by atoms with van der Waals surface area (Å²) in [7, 11) is -1.52. The lowest BCUT2D eigenvalue weighted by molar-refractivity contribution is -0.127. The number of carbonyl (C=O) groups excluding carboxylic acids is 1. The first-order valence-corrected chi connectivity index (χ1v) is 5.38. The van der Waals surface area contributed by atoms with E-state index in [1.54, 1.807) is 7.05 Å². The third kappa shape index (κ3) is 6.11. The summed E-state index contributed by atoms with van der Waals surface area (Å²) in [6, 6.07) is 0. The summed E-state index contributed by atoms with van der Waals surface area (Å²) in [6.07, 6.45) is 1.08. The summed E-state index contributed by atoms with van der Waals surface area (Å²) in [5.74, 6) is -0.0784. The zero-order valence-corrected chi connectivity index (χ0v) is 8.31. The number of nitrogens with zero attached hydrogens (tertiary/aromatic N) is 1. The number of carbonyl (C=O) groups is 1. The van der Waals surface area contributed by atoms with Crippen LogP contribution >= 0.6 is 0 Å². The maximum atomic E-state index is 10.6. The quantitative estimate of drug-likeness (QED) is 0.625. The second-order valence-corrected chi connectivity index (χ2v) is 4.44. The van der Waals surface area contributed by atoms with Gasteiger partial charge in [0.1, 0.15) is 0 Å². The van der Waals surface area contributed by atoms with Crippen LogP contribution in [-0.4, -0.2) is 45.6 Å². The van der Waals surface area contributed by atoms with Crippen molar-refractivity contribution in [1.29, 1.82) is 0 Å². The molecule has 0 rings (SSSR count). The zero-order chi connectivity index (χ0) is 9.78. The normalized spacial score (nSPS) is 11.2. The Labute approximate surface area is 72.8 Å². The van der Waals surface area contributed by atoms with Crippen molar-refractivity contribution >= 4 is 15.9 Å². The van der Waals surface area contributed by atoms with Crippen LogP contribution in [0.5, 0.6) is 0 Å². The Morgan fingerprint density at radius 1 is 1.50 bits per heavy atom. The van der Waals surface area contributed by atoms with Crippen LogP contribution in [-0.2, 0) is 14.8 Å². The van der Waals surface area contributed by atoms with E-state index in [1.807, 2.05) is 0 Å². The van der Waals surface area contributed by atoms with Gasteiger partial charge in [-0.15, -0.1) is 0 Å². The van der Waals surface area contributed by atoms with E-state index in [9.17, 15) is 13.2 Å². The summed E-state index contributed by atoms with van der Waals surface area (Å²) < 4.78 is 23.4. The molecule has 0 unspecified atom stereocenters. The Hall–Kier alpha value is -0.620. The second kappa shape index (κ2) is 4.42. The molecule has 72 valence electrons. The average Bonchev–Trinajstić information content (AvgIpc) is 1.84. The summed E-state index contributed by atoms with van der Waals surface area (Å²) >= 11 is 0. The molecule has 0 aromatic heterocycles. The molecule has 0 fully saturated rings. The van der Waals surface area contributed by atoms with Gasteiger partial charge in [0.15, 0.2) is 0 Å². The molecule has 0 aliphatic rings. The molecule has 6 heteroatoms. The first-order valence-electron chi connectivity index (χ1n) is 3.49. The fraction of sp³-hybridized carbons (Fsp3) is 0.833. The van der Waals surface area contributed by atoms with E-state index in [4.69, 9.17) is 0 Å². The second-order valence-electron chi connectivity index (χ2n) is 2.61. The van der Waals surface area contributed by atoms with Crippen molar-refractivity contribution in [2.75, 3.05) is 26.4 Å². The molecule has 0 heterocycles. The van der Waals surface area contributed by atoms with Gasteiger partial charge in [-0.2, -0.15) is 0 Å². The van der Waals surface area contributed by atoms with Gasteiger partial charge < -0.3 is 4.90 Å². The molecule has 0 saturated carbocycles. The molecule has 0 aliphatic heterocycles. The molecule has 0 bridgehead atoms. The Morgan fingerprint density at radius 2 is 2.00 bits per heavy atom. The van der Waals surface area contributed by atoms with E-state index in [0.29, 0.717) is 6.54 Å². The average molecular weight is 194 g/mol. The highest BCUT2D eigenvalue weighted by Gasteiger charge is 2.03. The van der Waals surface area contributed by atoms with Gasteiger partial charge in [0.05, 0.1) is 6.26 Å². The molecule has 0 saturated heterocycles. The van der Waals surface area contributed by atoms with Crippen LogP contribution in [0.2, 0.25) is 0 Å². The van der Waals surface area contributed by atoms with Gasteiger partial charge in [-0.1, -0.05) is 0 Å². The molecule has 0 radical (unpaired) electrons. The smallest absolute Gasteiger partial charge is 0.219 e. The fourth-order valence-electron chi connectivity index (χ4n) is 0.556. The van der Waals surface area contributed by atoms with Gasteiger partial charge in [0, 0.05) is 27.1 Å². The Morgan fingerprint density at radius 3 is 2.33 bits per heavy atom. The Bertz CT molecular complexity index is 248. The first-order chi connectivity index (χ1) is 5.33. The lowest BCUT2D eigenvalue weighted by Crippen LogP contribution is -2.34. The maximum absolute atomic E-state index is 10.6. The van der Waals surface area contributed by atoms with Gasteiger partial charge in [-0.3, -0.25) is 4.79 Å². The van der Waals surface area contributed by atoms with Gasteiger partial charge in [-0.05, 0) is 0 Å². The monoisotopic (exact) mass is 194 g/mol. The van der Waals surface area contributed by atoms with Crippen molar-refractivity contribution in [3.63, 3.8) is 0 Å². The Balaban J connectivity index is 3.65. The summed E-state index contributed by atoms with van der Waals surface area (Å²) in [6.45, 7) is 2.08. The van der Waals surface area contributed by atoms with Crippen molar-refractivity contribution < 1.29 is 13.2 Å². The predicted octanol–water partition coefficient (Wildman–Crippen LogP) is -0.986. The number of amides is 1. The van der Waals surface area contributed by atoms with Crippen LogP contribution in [0.3, 0.4) is 0 Å². The molecule has 0 aliphatic carbocycles. The van der Waals surface area contributed by atoms with E-state index in [1.165, 1.54) is 11.8 Å². The highest BCUT2D eigenvalue weighted by atomic mass is 32.2. The molecule has 0 atom stereocenters. The standard InChI is InChI=1S/C6H14N2O3S/c1-6(9)8(2)5-4-7-12(3,10)11/h7H,4-5H2,1-3H3. The predicted molar refractivity (Wildman–Crippen MR) is 46.2 cm³/mol. The lowest BCUT2D eigenvalue weighted by atomic mass is 10.5. The van der Waals surface area contributed by atoms with Crippen molar-refractivity contribution in [1.82, 2.24) is 9.62 Å². The van der Waals surface area contributed by atoms with Crippen molar-refractivity contribution in [3.05, 3.63) is 0 Å². The molecule has 5 nitrogen and oxygen atoms in total. The minimum Gasteiger partial charge on any atom is -0.345 e. The van der Waals surface area contributed by atoms with Gasteiger partial charge in [-0.25, -0.2) is 13.1 Å². The van der Waals surface area contributed by atoms with Crippen LogP contribution < -0.4 is 4.72 Å². The van der Waals surface area contributed by atoms with Crippen LogP contribution in [0.1, 0.15) is 6.92 Å². The van der Waals surface area contributed by atoms with Crippen LogP contribution in [0.15, 0.2) is 0 Å². The minimum atomic E-state index is -3.13. The number of rotatable bonds is 4. The van der Waals surface area contributed by atoms with Crippen molar-refractivity contribution in [2.24, 2.45) is 0 Å². The SMILES string of the molecule is CC(=O)N(C)CCNS(C)(=O)=O. The number of hydrogen-bond donors (Lipinski definition) is 1. The van der Waals surface area contributed by atoms with E-state index < -0.39 is 10.0 Å². The maximum Gasteiger partial charge on any atom is 0.219 e. The van der Waals surface area contributed by atoms with E-state index in [2.05, 4.69) is 4.72 Å². The third-order valence-electron chi connectivity index (χ3n) is 1.35. The summed E-state index contributed by atoms with van der Waals surface area (Å²) in [5, 5.41) is 0. The first kappa shape index (κ1) is 11.4. The molecule has 1 amide bonds. The van der Waals surface area contributed by atoms with Crippen molar-refractivity contribution in [2.45, 2.75) is 6.92 Å². The van der Waals surface area contributed by atoms with E-state index >= 15 is 0 Å². The number of nitrogens with one attached hydrogen (secondary N) is 1. The summed E-state index contributed by atoms with van der Waals surface area (Å²) in [5.41, 5.74) is 0. The number of hydrogen-bond acceptors (Lipinski definition) is 3. The van der Waals surface area contributed by atoms with Gasteiger partial charge in [0.2, 0.25) is 15.9 Å². The van der Waals surface area contributed by atoms with Crippen LogP contribution in [0.25, 0.3) is 0 Å². The molecular weight excluding hydrogens is 180 g/mol. The Kier molecular flexibility index (Phi) is 4.19.